The van der Waals surface area contributed by atoms with Crippen molar-refractivity contribution in [2.75, 3.05) is 18.6 Å². The lowest BCUT2D eigenvalue weighted by Gasteiger charge is -2.15. The van der Waals surface area contributed by atoms with Gasteiger partial charge in [0.25, 0.3) is 5.91 Å². The van der Waals surface area contributed by atoms with E-state index in [1.165, 1.54) is 19.2 Å². The van der Waals surface area contributed by atoms with Crippen molar-refractivity contribution >= 4 is 29.2 Å². The van der Waals surface area contributed by atoms with Gasteiger partial charge in [-0.15, -0.1) is 0 Å². The molecule has 0 atom stereocenters. The topological polar surface area (TPSA) is 66.9 Å². The van der Waals surface area contributed by atoms with Crippen molar-refractivity contribution in [1.29, 1.82) is 0 Å². The van der Waals surface area contributed by atoms with Crippen LogP contribution in [-0.2, 0) is 6.18 Å². The smallest absolute Gasteiger partial charge is 0.355 e. The maximum absolute atomic E-state index is 13.1. The summed E-state index contributed by atoms with van der Waals surface area (Å²) in [4.78, 5) is 19.3. The largest absolute Gasteiger partial charge is 0.421 e. The van der Waals surface area contributed by atoms with Gasteiger partial charge in [-0.25, -0.2) is 9.97 Å². The SMILES string of the molecule is CNC(=O)c1ccccc1Nc1nc(SC)ncc1C(F)(F)F. The minimum atomic E-state index is -4.61. The van der Waals surface area contributed by atoms with Crippen LogP contribution in [0.3, 0.4) is 0 Å². The summed E-state index contributed by atoms with van der Waals surface area (Å²) in [6.07, 6.45) is -2.23. The van der Waals surface area contributed by atoms with Crippen molar-refractivity contribution in [2.45, 2.75) is 11.3 Å². The number of nitrogens with one attached hydrogen (secondary N) is 2. The van der Waals surface area contributed by atoms with Crippen LogP contribution in [-0.4, -0.2) is 29.2 Å². The molecule has 1 aromatic heterocycles. The predicted octanol–water partition coefficient (Wildman–Crippen LogP) is 3.32. The highest BCUT2D eigenvalue weighted by Gasteiger charge is 2.35. The van der Waals surface area contributed by atoms with E-state index in [0.717, 1.165) is 18.0 Å². The molecule has 1 amide bonds. The molecule has 2 rings (SSSR count). The molecule has 0 fully saturated rings. The molecular formula is C14H13F3N4OS. The number of amides is 1. The van der Waals surface area contributed by atoms with Gasteiger partial charge >= 0.3 is 6.18 Å². The fourth-order valence-corrected chi connectivity index (χ4v) is 2.16. The summed E-state index contributed by atoms with van der Waals surface area (Å²) in [5.41, 5.74) is -0.558. The summed E-state index contributed by atoms with van der Waals surface area (Å²) in [5.74, 6) is -0.811. The maximum Gasteiger partial charge on any atom is 0.421 e. The molecule has 0 radical (unpaired) electrons. The Kier molecular flexibility index (Phi) is 5.09. The van der Waals surface area contributed by atoms with Crippen molar-refractivity contribution in [2.24, 2.45) is 0 Å². The standard InChI is InChI=1S/C14H13F3N4OS/c1-18-12(22)8-5-3-4-6-10(8)20-11-9(14(15,16)17)7-19-13(21-11)23-2/h3-7H,1-2H3,(H,18,22)(H,19,20,21). The quantitative estimate of drug-likeness (QED) is 0.659. The summed E-state index contributed by atoms with van der Waals surface area (Å²) in [6.45, 7) is 0. The van der Waals surface area contributed by atoms with Gasteiger partial charge in [0.05, 0.1) is 11.3 Å². The highest BCUT2D eigenvalue weighted by molar-refractivity contribution is 7.98. The highest BCUT2D eigenvalue weighted by Crippen LogP contribution is 2.35. The second-order valence-corrected chi connectivity index (χ2v) is 5.14. The zero-order chi connectivity index (χ0) is 17.0. The van der Waals surface area contributed by atoms with Crippen LogP contribution < -0.4 is 10.6 Å². The Morgan fingerprint density at radius 3 is 2.57 bits per heavy atom. The van der Waals surface area contributed by atoms with Gasteiger partial charge in [0.1, 0.15) is 11.4 Å². The number of nitrogens with zero attached hydrogens (tertiary/aromatic N) is 2. The monoisotopic (exact) mass is 342 g/mol. The first kappa shape index (κ1) is 17.1. The molecule has 0 bridgehead atoms. The molecule has 5 nitrogen and oxygen atoms in total. The molecule has 0 aliphatic heterocycles. The van der Waals surface area contributed by atoms with E-state index in [1.54, 1.807) is 18.4 Å². The summed E-state index contributed by atoms with van der Waals surface area (Å²) in [5, 5.41) is 5.22. The summed E-state index contributed by atoms with van der Waals surface area (Å²) in [6, 6.07) is 6.24. The third-order valence-corrected chi connectivity index (χ3v) is 3.47. The van der Waals surface area contributed by atoms with Crippen molar-refractivity contribution in [3.63, 3.8) is 0 Å². The van der Waals surface area contributed by atoms with E-state index < -0.39 is 23.5 Å². The van der Waals surface area contributed by atoms with Crippen LogP contribution >= 0.6 is 11.8 Å². The zero-order valence-corrected chi connectivity index (χ0v) is 13.0. The average molecular weight is 342 g/mol. The first-order chi connectivity index (χ1) is 10.9. The number of thioether (sulfide) groups is 1. The number of benzene rings is 1. The summed E-state index contributed by atoms with van der Waals surface area (Å²) in [7, 11) is 1.44. The number of hydrogen-bond donors (Lipinski definition) is 2. The van der Waals surface area contributed by atoms with Gasteiger partial charge in [0, 0.05) is 13.2 Å². The maximum atomic E-state index is 13.1. The van der Waals surface area contributed by atoms with Crippen LogP contribution in [0.5, 0.6) is 0 Å². The lowest BCUT2D eigenvalue weighted by atomic mass is 10.1. The third-order valence-electron chi connectivity index (χ3n) is 2.91. The number of rotatable bonds is 4. The van der Waals surface area contributed by atoms with Gasteiger partial charge in [-0.05, 0) is 18.4 Å². The van der Waals surface area contributed by atoms with Crippen molar-refractivity contribution in [1.82, 2.24) is 15.3 Å². The van der Waals surface area contributed by atoms with E-state index in [1.807, 2.05) is 0 Å². The molecule has 0 spiro atoms. The number of carbonyl (C=O) groups is 1. The molecule has 0 unspecified atom stereocenters. The molecule has 0 saturated heterocycles. The number of alkyl halides is 3. The molecule has 1 heterocycles. The summed E-state index contributed by atoms with van der Waals surface area (Å²) < 4.78 is 39.3. The number of halogens is 3. The van der Waals surface area contributed by atoms with E-state index in [-0.39, 0.29) is 16.4 Å². The lowest BCUT2D eigenvalue weighted by Crippen LogP contribution is -2.19. The minimum Gasteiger partial charge on any atom is -0.355 e. The Bertz CT molecular complexity index is 721. The van der Waals surface area contributed by atoms with Crippen LogP contribution in [0.15, 0.2) is 35.6 Å². The van der Waals surface area contributed by atoms with Gasteiger partial charge in [-0.3, -0.25) is 4.79 Å². The second kappa shape index (κ2) is 6.86. The fourth-order valence-electron chi connectivity index (χ4n) is 1.82. The van der Waals surface area contributed by atoms with E-state index in [4.69, 9.17) is 0 Å². The average Bonchev–Trinajstić information content (AvgIpc) is 2.53. The lowest BCUT2D eigenvalue weighted by molar-refractivity contribution is -0.137. The van der Waals surface area contributed by atoms with Crippen molar-refractivity contribution < 1.29 is 18.0 Å². The first-order valence-corrected chi connectivity index (χ1v) is 7.65. The van der Waals surface area contributed by atoms with Crippen LogP contribution in [0.25, 0.3) is 0 Å². The number of aromatic nitrogens is 2. The Labute approximate surface area is 134 Å². The third kappa shape index (κ3) is 3.92. The van der Waals surface area contributed by atoms with Crippen LogP contribution in [0.4, 0.5) is 24.7 Å². The van der Waals surface area contributed by atoms with Crippen LogP contribution in [0.1, 0.15) is 15.9 Å². The Balaban J connectivity index is 2.50. The predicted molar refractivity (Wildman–Crippen MR) is 81.9 cm³/mol. The van der Waals surface area contributed by atoms with Gasteiger partial charge < -0.3 is 10.6 Å². The van der Waals surface area contributed by atoms with Crippen molar-refractivity contribution in [3.05, 3.63) is 41.6 Å². The molecule has 0 saturated carbocycles. The fraction of sp³-hybridized carbons (Fsp3) is 0.214. The van der Waals surface area contributed by atoms with Gasteiger partial charge in [0.2, 0.25) is 0 Å². The Hall–Kier alpha value is -2.29. The molecule has 23 heavy (non-hydrogen) atoms. The van der Waals surface area contributed by atoms with E-state index >= 15 is 0 Å². The molecule has 0 aliphatic carbocycles. The molecule has 122 valence electrons. The minimum absolute atomic E-state index is 0.193. The van der Waals surface area contributed by atoms with E-state index in [2.05, 4.69) is 20.6 Å². The summed E-state index contributed by atoms with van der Waals surface area (Å²) >= 11 is 1.12. The number of anilines is 2. The Morgan fingerprint density at radius 2 is 1.96 bits per heavy atom. The van der Waals surface area contributed by atoms with E-state index in [0.29, 0.717) is 0 Å². The molecule has 1 aromatic carbocycles. The Morgan fingerprint density at radius 1 is 1.26 bits per heavy atom. The van der Waals surface area contributed by atoms with Gasteiger partial charge in [-0.2, -0.15) is 13.2 Å². The van der Waals surface area contributed by atoms with Crippen molar-refractivity contribution in [3.8, 4) is 0 Å². The zero-order valence-electron chi connectivity index (χ0n) is 12.2. The van der Waals surface area contributed by atoms with E-state index in [9.17, 15) is 18.0 Å². The molecule has 0 aliphatic rings. The van der Waals surface area contributed by atoms with Crippen LogP contribution in [0, 0.1) is 0 Å². The van der Waals surface area contributed by atoms with Gasteiger partial charge in [-0.1, -0.05) is 23.9 Å². The molecule has 2 N–H and O–H groups in total. The van der Waals surface area contributed by atoms with Gasteiger partial charge in [0.15, 0.2) is 5.16 Å². The number of para-hydroxylation sites is 1. The van der Waals surface area contributed by atoms with Crippen LogP contribution in [0.2, 0.25) is 0 Å². The number of carbonyl (C=O) groups excluding carboxylic acids is 1. The normalized spacial score (nSPS) is 11.2. The molecule has 9 heteroatoms. The molecule has 2 aromatic rings. The highest BCUT2D eigenvalue weighted by atomic mass is 32.2. The molecular weight excluding hydrogens is 329 g/mol. The second-order valence-electron chi connectivity index (χ2n) is 4.37. The first-order valence-electron chi connectivity index (χ1n) is 6.43. The number of hydrogen-bond acceptors (Lipinski definition) is 5.